The summed E-state index contributed by atoms with van der Waals surface area (Å²) in [6, 6.07) is 0. The van der Waals surface area contributed by atoms with Crippen molar-refractivity contribution >= 4 is 11.8 Å². The van der Waals surface area contributed by atoms with E-state index in [1.807, 2.05) is 20.8 Å². The van der Waals surface area contributed by atoms with E-state index in [4.69, 9.17) is 5.11 Å². The third-order valence-corrected chi connectivity index (χ3v) is 2.76. The van der Waals surface area contributed by atoms with E-state index in [0.29, 0.717) is 0 Å². The van der Waals surface area contributed by atoms with Crippen molar-refractivity contribution in [3.63, 3.8) is 0 Å². The summed E-state index contributed by atoms with van der Waals surface area (Å²) in [5, 5.41) is 9.98. The molecule has 0 spiro atoms. The molecule has 1 rings (SSSR count). The summed E-state index contributed by atoms with van der Waals surface area (Å²) in [5.41, 5.74) is 1.84. The van der Waals surface area contributed by atoms with E-state index in [1.165, 1.54) is 0 Å². The minimum Gasteiger partial charge on any atom is -0.395 e. The Bertz CT molecular complexity index is 291. The number of aliphatic hydroxyl groups is 1. The summed E-state index contributed by atoms with van der Waals surface area (Å²) in [7, 11) is 0. The first-order chi connectivity index (χ1) is 6.13. The van der Waals surface area contributed by atoms with Crippen LogP contribution in [0.3, 0.4) is 0 Å². The lowest BCUT2D eigenvalue weighted by molar-refractivity contribution is 0.300. The fourth-order valence-electron chi connectivity index (χ4n) is 0.855. The highest BCUT2D eigenvalue weighted by molar-refractivity contribution is 7.99. The molecule has 0 aromatic carbocycles. The van der Waals surface area contributed by atoms with Crippen molar-refractivity contribution in [2.75, 3.05) is 6.61 Å². The smallest absolute Gasteiger partial charge is 0.118 e. The molecule has 1 atom stereocenters. The van der Waals surface area contributed by atoms with Crippen LogP contribution in [-0.2, 0) is 0 Å². The highest BCUT2D eigenvalue weighted by Gasteiger charge is 2.07. The molecule has 0 fully saturated rings. The van der Waals surface area contributed by atoms with Gasteiger partial charge >= 0.3 is 0 Å². The summed E-state index contributed by atoms with van der Waals surface area (Å²) in [4.78, 5) is 8.55. The molecule has 0 amide bonds. The van der Waals surface area contributed by atoms with Crippen molar-refractivity contribution < 1.29 is 5.11 Å². The molecule has 0 aliphatic rings. The Kier molecular flexibility index (Phi) is 3.69. The largest absolute Gasteiger partial charge is 0.395 e. The molecule has 0 aliphatic carbocycles. The van der Waals surface area contributed by atoms with Gasteiger partial charge in [-0.3, -0.25) is 4.98 Å². The summed E-state index contributed by atoms with van der Waals surface area (Å²) >= 11 is 1.56. The Morgan fingerprint density at radius 1 is 1.54 bits per heavy atom. The molecule has 1 aromatic rings. The number of hydrogen-bond acceptors (Lipinski definition) is 4. The topological polar surface area (TPSA) is 46.0 Å². The summed E-state index contributed by atoms with van der Waals surface area (Å²) in [5.74, 6) is 0. The molecule has 13 heavy (non-hydrogen) atoms. The Balaban J connectivity index is 2.81. The summed E-state index contributed by atoms with van der Waals surface area (Å²) in [6.45, 7) is 5.98. The van der Waals surface area contributed by atoms with Gasteiger partial charge in [-0.2, -0.15) is 0 Å². The molecule has 4 heteroatoms. The fraction of sp³-hybridized carbons (Fsp3) is 0.556. The van der Waals surface area contributed by atoms with Crippen LogP contribution in [0.2, 0.25) is 0 Å². The minimum absolute atomic E-state index is 0.166. The highest BCUT2D eigenvalue weighted by atomic mass is 32.2. The SMILES string of the molecule is Cc1cnc(C)c(SC(C)CO)n1. The third kappa shape index (κ3) is 2.97. The lowest BCUT2D eigenvalue weighted by Gasteiger charge is -2.08. The predicted octanol–water partition coefficient (Wildman–Crippen LogP) is 1.57. The molecule has 3 nitrogen and oxygen atoms in total. The maximum Gasteiger partial charge on any atom is 0.118 e. The molecular weight excluding hydrogens is 184 g/mol. The van der Waals surface area contributed by atoms with E-state index >= 15 is 0 Å². The van der Waals surface area contributed by atoms with E-state index in [2.05, 4.69) is 9.97 Å². The van der Waals surface area contributed by atoms with Gasteiger partial charge in [-0.1, -0.05) is 18.7 Å². The van der Waals surface area contributed by atoms with Gasteiger partial charge in [-0.25, -0.2) is 4.98 Å². The van der Waals surface area contributed by atoms with E-state index < -0.39 is 0 Å². The Morgan fingerprint density at radius 2 is 2.23 bits per heavy atom. The zero-order valence-electron chi connectivity index (χ0n) is 8.11. The van der Waals surface area contributed by atoms with Crippen LogP contribution < -0.4 is 0 Å². The average molecular weight is 198 g/mol. The first kappa shape index (κ1) is 10.5. The van der Waals surface area contributed by atoms with E-state index in [-0.39, 0.29) is 11.9 Å². The third-order valence-electron chi connectivity index (χ3n) is 1.60. The standard InChI is InChI=1S/C9H14N2OS/c1-6-4-10-8(3)9(11-6)13-7(2)5-12/h4,7,12H,5H2,1-3H3. The van der Waals surface area contributed by atoms with Gasteiger partial charge in [0.05, 0.1) is 18.0 Å². The van der Waals surface area contributed by atoms with Crippen molar-refractivity contribution in [3.05, 3.63) is 17.6 Å². The number of nitrogens with zero attached hydrogens (tertiary/aromatic N) is 2. The summed E-state index contributed by atoms with van der Waals surface area (Å²) < 4.78 is 0. The van der Waals surface area contributed by atoms with Gasteiger partial charge in [-0.15, -0.1) is 0 Å². The normalized spacial score (nSPS) is 12.9. The zero-order valence-corrected chi connectivity index (χ0v) is 8.93. The van der Waals surface area contributed by atoms with Crippen LogP contribution >= 0.6 is 11.8 Å². The first-order valence-corrected chi connectivity index (χ1v) is 5.09. The highest BCUT2D eigenvalue weighted by Crippen LogP contribution is 2.22. The molecule has 0 bridgehead atoms. The van der Waals surface area contributed by atoms with E-state index in [1.54, 1.807) is 18.0 Å². The van der Waals surface area contributed by atoms with Crippen LogP contribution in [0, 0.1) is 13.8 Å². The van der Waals surface area contributed by atoms with Gasteiger partial charge in [0.15, 0.2) is 0 Å². The molecular formula is C9H14N2OS. The van der Waals surface area contributed by atoms with Crippen molar-refractivity contribution in [1.29, 1.82) is 0 Å². The molecule has 1 unspecified atom stereocenters. The van der Waals surface area contributed by atoms with Crippen LogP contribution in [0.25, 0.3) is 0 Å². The molecule has 72 valence electrons. The van der Waals surface area contributed by atoms with Crippen molar-refractivity contribution in [1.82, 2.24) is 9.97 Å². The molecule has 0 saturated carbocycles. The lowest BCUT2D eigenvalue weighted by atomic mass is 10.4. The molecule has 1 N–H and O–H groups in total. The number of hydrogen-bond donors (Lipinski definition) is 1. The fourth-order valence-corrected chi connectivity index (χ4v) is 1.73. The molecule has 0 saturated heterocycles. The molecule has 0 aliphatic heterocycles. The first-order valence-electron chi connectivity index (χ1n) is 4.21. The molecule has 0 radical (unpaired) electrons. The van der Waals surface area contributed by atoms with Gasteiger partial charge in [0.1, 0.15) is 5.03 Å². The minimum atomic E-state index is 0.166. The summed E-state index contributed by atoms with van der Waals surface area (Å²) in [6.07, 6.45) is 1.75. The van der Waals surface area contributed by atoms with Crippen molar-refractivity contribution in [2.45, 2.75) is 31.0 Å². The van der Waals surface area contributed by atoms with Crippen molar-refractivity contribution in [3.8, 4) is 0 Å². The Morgan fingerprint density at radius 3 is 2.85 bits per heavy atom. The molecule has 1 heterocycles. The maximum atomic E-state index is 8.89. The quantitative estimate of drug-likeness (QED) is 0.749. The van der Waals surface area contributed by atoms with Gasteiger partial charge in [0, 0.05) is 11.4 Å². The lowest BCUT2D eigenvalue weighted by Crippen LogP contribution is -2.04. The second kappa shape index (κ2) is 4.58. The van der Waals surface area contributed by atoms with Gasteiger partial charge in [0.2, 0.25) is 0 Å². The predicted molar refractivity (Wildman–Crippen MR) is 53.9 cm³/mol. The Hall–Kier alpha value is -0.610. The number of aryl methyl sites for hydroxylation is 2. The average Bonchev–Trinajstić information content (AvgIpc) is 2.11. The number of aliphatic hydroxyl groups excluding tert-OH is 1. The van der Waals surface area contributed by atoms with Crippen LogP contribution in [0.15, 0.2) is 11.2 Å². The van der Waals surface area contributed by atoms with Crippen molar-refractivity contribution in [2.24, 2.45) is 0 Å². The van der Waals surface area contributed by atoms with E-state index in [0.717, 1.165) is 16.4 Å². The number of thioether (sulfide) groups is 1. The molecule has 1 aromatic heterocycles. The second-order valence-electron chi connectivity index (χ2n) is 3.01. The van der Waals surface area contributed by atoms with Gasteiger partial charge in [0.25, 0.3) is 0 Å². The van der Waals surface area contributed by atoms with Crippen LogP contribution in [0.5, 0.6) is 0 Å². The van der Waals surface area contributed by atoms with Crippen LogP contribution in [0.4, 0.5) is 0 Å². The maximum absolute atomic E-state index is 8.89. The number of aromatic nitrogens is 2. The number of rotatable bonds is 3. The van der Waals surface area contributed by atoms with Gasteiger partial charge in [-0.05, 0) is 13.8 Å². The second-order valence-corrected chi connectivity index (χ2v) is 4.44. The van der Waals surface area contributed by atoms with Crippen LogP contribution in [-0.4, -0.2) is 26.9 Å². The van der Waals surface area contributed by atoms with Crippen LogP contribution in [0.1, 0.15) is 18.3 Å². The Labute approximate surface area is 82.6 Å². The zero-order chi connectivity index (χ0) is 9.84. The van der Waals surface area contributed by atoms with E-state index in [9.17, 15) is 0 Å². The van der Waals surface area contributed by atoms with Gasteiger partial charge < -0.3 is 5.11 Å². The monoisotopic (exact) mass is 198 g/mol.